The molecule has 0 spiro atoms. The van der Waals surface area contributed by atoms with Gasteiger partial charge in [0.15, 0.2) is 0 Å². The maximum atomic E-state index is 12.2. The highest BCUT2D eigenvalue weighted by Gasteiger charge is 2.25. The van der Waals surface area contributed by atoms with Crippen molar-refractivity contribution < 1.29 is 14.3 Å². The summed E-state index contributed by atoms with van der Waals surface area (Å²) >= 11 is 0. The molecular formula is C15H22N4O3. The van der Waals surface area contributed by atoms with Crippen LogP contribution >= 0.6 is 0 Å². The van der Waals surface area contributed by atoms with Crippen molar-refractivity contribution in [2.24, 2.45) is 5.73 Å². The SMILES string of the molecule is COc1ccc(C(=O)NCC(C)(C)N)cc1N1CCNC1=O. The lowest BCUT2D eigenvalue weighted by Gasteiger charge is -2.20. The van der Waals surface area contributed by atoms with Crippen LogP contribution in [0.15, 0.2) is 18.2 Å². The number of urea groups is 1. The van der Waals surface area contributed by atoms with Crippen LogP contribution in [0.4, 0.5) is 10.5 Å². The lowest BCUT2D eigenvalue weighted by molar-refractivity contribution is 0.0946. The van der Waals surface area contributed by atoms with Gasteiger partial charge in [-0.25, -0.2) is 4.79 Å². The molecule has 0 saturated carbocycles. The Kier molecular flexibility index (Phi) is 4.56. The maximum Gasteiger partial charge on any atom is 0.322 e. The first-order chi connectivity index (χ1) is 10.3. The zero-order valence-electron chi connectivity index (χ0n) is 13.1. The maximum absolute atomic E-state index is 12.2. The molecule has 1 heterocycles. The molecule has 0 aromatic heterocycles. The molecular weight excluding hydrogens is 284 g/mol. The van der Waals surface area contributed by atoms with E-state index in [1.807, 2.05) is 13.8 Å². The minimum atomic E-state index is -0.486. The van der Waals surface area contributed by atoms with Crippen LogP contribution < -0.4 is 26.0 Å². The fourth-order valence-electron chi connectivity index (χ4n) is 2.15. The standard InChI is InChI=1S/C15H22N4O3/c1-15(2,16)9-18-13(20)10-4-5-12(22-3)11(8-10)19-7-6-17-14(19)21/h4-5,8H,6-7,9,16H2,1-3H3,(H,17,21)(H,18,20). The zero-order chi connectivity index (χ0) is 16.3. The number of nitrogens with one attached hydrogen (secondary N) is 2. The van der Waals surface area contributed by atoms with E-state index >= 15 is 0 Å². The molecule has 4 N–H and O–H groups in total. The molecule has 7 heteroatoms. The van der Waals surface area contributed by atoms with E-state index < -0.39 is 5.54 Å². The van der Waals surface area contributed by atoms with Crippen molar-refractivity contribution in [2.75, 3.05) is 31.6 Å². The fourth-order valence-corrected chi connectivity index (χ4v) is 2.15. The van der Waals surface area contributed by atoms with Crippen LogP contribution in [0, 0.1) is 0 Å². The molecule has 120 valence electrons. The summed E-state index contributed by atoms with van der Waals surface area (Å²) in [5.74, 6) is 0.315. The van der Waals surface area contributed by atoms with E-state index in [4.69, 9.17) is 10.5 Å². The van der Waals surface area contributed by atoms with Gasteiger partial charge in [-0.3, -0.25) is 9.69 Å². The van der Waals surface area contributed by atoms with E-state index in [1.54, 1.807) is 23.1 Å². The van der Waals surface area contributed by atoms with E-state index in [0.717, 1.165) is 0 Å². The van der Waals surface area contributed by atoms with Gasteiger partial charge in [0, 0.05) is 30.7 Å². The van der Waals surface area contributed by atoms with Crippen LogP contribution in [0.2, 0.25) is 0 Å². The van der Waals surface area contributed by atoms with Crippen molar-refractivity contribution in [2.45, 2.75) is 19.4 Å². The Bertz CT molecular complexity index is 581. The van der Waals surface area contributed by atoms with Crippen molar-refractivity contribution in [1.29, 1.82) is 0 Å². The number of methoxy groups -OCH3 is 1. The first kappa shape index (κ1) is 16.1. The highest BCUT2D eigenvalue weighted by atomic mass is 16.5. The highest BCUT2D eigenvalue weighted by molar-refractivity contribution is 5.99. The number of nitrogens with two attached hydrogens (primary N) is 1. The van der Waals surface area contributed by atoms with Crippen molar-refractivity contribution >= 4 is 17.6 Å². The lowest BCUT2D eigenvalue weighted by atomic mass is 10.1. The van der Waals surface area contributed by atoms with E-state index in [9.17, 15) is 9.59 Å². The number of hydrogen-bond donors (Lipinski definition) is 3. The summed E-state index contributed by atoms with van der Waals surface area (Å²) < 4.78 is 5.28. The van der Waals surface area contributed by atoms with Crippen LogP contribution in [-0.4, -0.2) is 44.2 Å². The van der Waals surface area contributed by atoms with Crippen LogP contribution in [0.5, 0.6) is 5.75 Å². The molecule has 0 atom stereocenters. The first-order valence-corrected chi connectivity index (χ1v) is 7.12. The van der Waals surface area contributed by atoms with Gasteiger partial charge < -0.3 is 21.1 Å². The molecule has 0 unspecified atom stereocenters. The molecule has 1 aromatic carbocycles. The summed E-state index contributed by atoms with van der Waals surface area (Å²) in [5.41, 5.74) is 6.41. The minimum absolute atomic E-state index is 0.195. The minimum Gasteiger partial charge on any atom is -0.495 e. The molecule has 1 aromatic rings. The molecule has 3 amide bonds. The number of benzene rings is 1. The van der Waals surface area contributed by atoms with E-state index in [0.29, 0.717) is 36.6 Å². The lowest BCUT2D eigenvalue weighted by Crippen LogP contribution is -2.45. The Morgan fingerprint density at radius 1 is 1.50 bits per heavy atom. The number of anilines is 1. The number of hydrogen-bond acceptors (Lipinski definition) is 4. The molecule has 0 bridgehead atoms. The molecule has 1 saturated heterocycles. The molecule has 1 aliphatic heterocycles. The first-order valence-electron chi connectivity index (χ1n) is 7.12. The number of nitrogens with zero attached hydrogens (tertiary/aromatic N) is 1. The number of ether oxygens (including phenoxy) is 1. The van der Waals surface area contributed by atoms with Crippen LogP contribution in [0.3, 0.4) is 0 Å². The van der Waals surface area contributed by atoms with E-state index in [2.05, 4.69) is 10.6 Å². The van der Waals surface area contributed by atoms with Gasteiger partial charge >= 0.3 is 6.03 Å². The predicted molar refractivity (Wildman–Crippen MR) is 84.3 cm³/mol. The number of carbonyl (C=O) groups is 2. The molecule has 0 radical (unpaired) electrons. The Balaban J connectivity index is 2.23. The summed E-state index contributed by atoms with van der Waals surface area (Å²) in [7, 11) is 1.53. The Morgan fingerprint density at radius 2 is 2.23 bits per heavy atom. The van der Waals surface area contributed by atoms with Gasteiger partial charge in [0.1, 0.15) is 5.75 Å². The normalized spacial score (nSPS) is 14.7. The van der Waals surface area contributed by atoms with Crippen LogP contribution in [0.1, 0.15) is 24.2 Å². The van der Waals surface area contributed by atoms with Gasteiger partial charge in [0.2, 0.25) is 0 Å². The summed E-state index contributed by atoms with van der Waals surface area (Å²) in [6.45, 7) is 5.13. The van der Waals surface area contributed by atoms with Gasteiger partial charge in [-0.05, 0) is 32.0 Å². The number of amides is 3. The quantitative estimate of drug-likeness (QED) is 0.745. The van der Waals surface area contributed by atoms with Crippen LogP contribution in [0.25, 0.3) is 0 Å². The van der Waals surface area contributed by atoms with Crippen LogP contribution in [-0.2, 0) is 0 Å². The third kappa shape index (κ3) is 3.67. The highest BCUT2D eigenvalue weighted by Crippen LogP contribution is 2.30. The Morgan fingerprint density at radius 3 is 2.77 bits per heavy atom. The van der Waals surface area contributed by atoms with E-state index in [-0.39, 0.29) is 11.9 Å². The number of rotatable bonds is 5. The summed E-state index contributed by atoms with van der Waals surface area (Å²) in [6.07, 6.45) is 0. The second-order valence-electron chi connectivity index (χ2n) is 5.94. The molecule has 7 nitrogen and oxygen atoms in total. The second kappa shape index (κ2) is 6.23. The van der Waals surface area contributed by atoms with Crippen molar-refractivity contribution in [3.8, 4) is 5.75 Å². The summed E-state index contributed by atoms with van der Waals surface area (Å²) in [5, 5.41) is 5.51. The zero-order valence-corrected chi connectivity index (χ0v) is 13.1. The molecule has 22 heavy (non-hydrogen) atoms. The topological polar surface area (TPSA) is 96.7 Å². The summed E-state index contributed by atoms with van der Waals surface area (Å²) in [4.78, 5) is 25.6. The van der Waals surface area contributed by atoms with Gasteiger partial charge in [-0.1, -0.05) is 0 Å². The largest absolute Gasteiger partial charge is 0.495 e. The van der Waals surface area contributed by atoms with Gasteiger partial charge in [-0.15, -0.1) is 0 Å². The predicted octanol–water partition coefficient (Wildman–Crippen LogP) is 0.692. The Labute approximate surface area is 129 Å². The molecule has 2 rings (SSSR count). The van der Waals surface area contributed by atoms with Gasteiger partial charge in [0.25, 0.3) is 5.91 Å². The smallest absolute Gasteiger partial charge is 0.322 e. The van der Waals surface area contributed by atoms with Gasteiger partial charge in [0.05, 0.1) is 12.8 Å². The van der Waals surface area contributed by atoms with Crippen molar-refractivity contribution in [3.05, 3.63) is 23.8 Å². The van der Waals surface area contributed by atoms with Crippen molar-refractivity contribution in [1.82, 2.24) is 10.6 Å². The number of carbonyl (C=O) groups excluding carboxylic acids is 2. The summed E-state index contributed by atoms with van der Waals surface area (Å²) in [6, 6.07) is 4.81. The van der Waals surface area contributed by atoms with Gasteiger partial charge in [-0.2, -0.15) is 0 Å². The van der Waals surface area contributed by atoms with Crippen molar-refractivity contribution in [3.63, 3.8) is 0 Å². The third-order valence-corrected chi connectivity index (χ3v) is 3.29. The fraction of sp³-hybridized carbons (Fsp3) is 0.467. The second-order valence-corrected chi connectivity index (χ2v) is 5.94. The third-order valence-electron chi connectivity index (χ3n) is 3.29. The average molecular weight is 306 g/mol. The monoisotopic (exact) mass is 306 g/mol. The van der Waals surface area contributed by atoms with E-state index in [1.165, 1.54) is 7.11 Å². The molecule has 1 fully saturated rings. The molecule has 1 aliphatic rings. The average Bonchev–Trinajstić information content (AvgIpc) is 2.89. The molecule has 0 aliphatic carbocycles. The Hall–Kier alpha value is -2.28.